The molecule has 6 nitrogen and oxygen atoms in total. The Morgan fingerprint density at radius 1 is 1.33 bits per heavy atom. The molecular formula is C15H21N3O3. The normalized spacial score (nSPS) is 30.2. The molecular weight excluding hydrogens is 270 g/mol. The van der Waals surface area contributed by atoms with Crippen molar-refractivity contribution < 1.29 is 13.9 Å². The van der Waals surface area contributed by atoms with Gasteiger partial charge in [-0.05, 0) is 18.8 Å². The van der Waals surface area contributed by atoms with Crippen molar-refractivity contribution in [2.75, 3.05) is 39.3 Å². The van der Waals surface area contributed by atoms with E-state index in [1.807, 2.05) is 4.90 Å². The Hall–Kier alpha value is -1.40. The predicted molar refractivity (Wildman–Crippen MR) is 74.8 cm³/mol. The number of oxazole rings is 1. The highest BCUT2D eigenvalue weighted by atomic mass is 16.5. The van der Waals surface area contributed by atoms with Crippen LogP contribution in [0, 0.1) is 11.8 Å². The molecule has 1 amide bonds. The molecule has 2 saturated heterocycles. The van der Waals surface area contributed by atoms with Crippen molar-refractivity contribution in [3.8, 4) is 0 Å². The Morgan fingerprint density at radius 3 is 3.00 bits per heavy atom. The first-order valence-corrected chi connectivity index (χ1v) is 7.81. The molecule has 0 bridgehead atoms. The average molecular weight is 291 g/mol. The molecule has 2 atom stereocenters. The maximum Gasteiger partial charge on any atom is 0.275 e. The number of hydrogen-bond acceptors (Lipinski definition) is 5. The molecule has 21 heavy (non-hydrogen) atoms. The van der Waals surface area contributed by atoms with E-state index in [1.165, 1.54) is 32.0 Å². The van der Waals surface area contributed by atoms with Crippen molar-refractivity contribution in [3.05, 3.63) is 18.4 Å². The van der Waals surface area contributed by atoms with Crippen LogP contribution in [0.3, 0.4) is 0 Å². The van der Waals surface area contributed by atoms with Gasteiger partial charge in [0.2, 0.25) is 0 Å². The molecule has 3 heterocycles. The van der Waals surface area contributed by atoms with Gasteiger partial charge >= 0.3 is 0 Å². The summed E-state index contributed by atoms with van der Waals surface area (Å²) >= 11 is 0. The van der Waals surface area contributed by atoms with Gasteiger partial charge in [0.15, 0.2) is 12.1 Å². The van der Waals surface area contributed by atoms with Crippen LogP contribution in [0.4, 0.5) is 0 Å². The minimum atomic E-state index is -0.0471. The van der Waals surface area contributed by atoms with E-state index in [9.17, 15) is 4.79 Å². The van der Waals surface area contributed by atoms with Crippen molar-refractivity contribution in [2.45, 2.75) is 18.9 Å². The maximum atomic E-state index is 12.3. The average Bonchev–Trinajstić information content (AvgIpc) is 3.02. The van der Waals surface area contributed by atoms with E-state index in [2.05, 4.69) is 9.88 Å². The molecule has 1 saturated carbocycles. The first-order chi connectivity index (χ1) is 10.3. The molecule has 2 aliphatic heterocycles. The smallest absolute Gasteiger partial charge is 0.275 e. The van der Waals surface area contributed by atoms with Gasteiger partial charge in [0.25, 0.3) is 5.91 Å². The second kappa shape index (κ2) is 5.42. The summed E-state index contributed by atoms with van der Waals surface area (Å²) in [6, 6.07) is 0. The summed E-state index contributed by atoms with van der Waals surface area (Å²) < 4.78 is 10.9. The number of amides is 1. The van der Waals surface area contributed by atoms with Crippen molar-refractivity contribution in [3.63, 3.8) is 0 Å². The maximum absolute atomic E-state index is 12.3. The molecule has 0 spiro atoms. The van der Waals surface area contributed by atoms with Crippen LogP contribution in [-0.4, -0.2) is 66.1 Å². The second-order valence-corrected chi connectivity index (χ2v) is 6.46. The van der Waals surface area contributed by atoms with Gasteiger partial charge < -0.3 is 19.0 Å². The molecule has 1 aromatic rings. The molecule has 0 aromatic carbocycles. The topological polar surface area (TPSA) is 58.8 Å². The third-order valence-corrected chi connectivity index (χ3v) is 4.77. The zero-order valence-electron chi connectivity index (χ0n) is 12.1. The lowest BCUT2D eigenvalue weighted by molar-refractivity contribution is 0.0482. The summed E-state index contributed by atoms with van der Waals surface area (Å²) in [5.74, 6) is 1.27. The predicted octanol–water partition coefficient (Wildman–Crippen LogP) is 0.857. The van der Waals surface area contributed by atoms with E-state index in [4.69, 9.17) is 9.15 Å². The van der Waals surface area contributed by atoms with Crippen molar-refractivity contribution >= 4 is 5.91 Å². The molecule has 3 aliphatic rings. The number of nitrogens with zero attached hydrogens (tertiary/aromatic N) is 3. The zero-order chi connectivity index (χ0) is 14.2. The number of hydrogen-bond donors (Lipinski definition) is 0. The fraction of sp³-hybridized carbons (Fsp3) is 0.733. The van der Waals surface area contributed by atoms with E-state index in [0.717, 1.165) is 32.2 Å². The number of carbonyl (C=O) groups excluding carboxylic acids is 1. The van der Waals surface area contributed by atoms with Crippen LogP contribution < -0.4 is 0 Å². The van der Waals surface area contributed by atoms with Gasteiger partial charge in [-0.3, -0.25) is 4.79 Å². The van der Waals surface area contributed by atoms with Crippen molar-refractivity contribution in [2.24, 2.45) is 11.8 Å². The molecule has 0 radical (unpaired) electrons. The number of likely N-dealkylation sites (tertiary alicyclic amines) is 1. The second-order valence-electron chi connectivity index (χ2n) is 6.46. The highest BCUT2D eigenvalue weighted by Crippen LogP contribution is 2.31. The Bertz CT molecular complexity index is 500. The molecule has 6 heteroatoms. The highest BCUT2D eigenvalue weighted by Gasteiger charge is 2.39. The lowest BCUT2D eigenvalue weighted by atomic mass is 10.1. The first-order valence-electron chi connectivity index (χ1n) is 7.81. The largest absolute Gasteiger partial charge is 0.451 e. The minimum Gasteiger partial charge on any atom is -0.451 e. The molecule has 0 unspecified atom stereocenters. The molecule has 1 aromatic heterocycles. The standard InChI is InChI=1S/C15H21N3O3/c19-15(13-9-20-10-16-13)18-7-12-6-17(5-11-1-2-11)3-4-21-14(12)8-18/h9-12,14H,1-8H2/t12-,14+/m1/s1. The van der Waals surface area contributed by atoms with Gasteiger partial charge in [0.05, 0.1) is 12.7 Å². The van der Waals surface area contributed by atoms with E-state index in [0.29, 0.717) is 18.2 Å². The van der Waals surface area contributed by atoms with E-state index in [1.54, 1.807) is 0 Å². The van der Waals surface area contributed by atoms with Gasteiger partial charge in [0.1, 0.15) is 6.26 Å². The number of aromatic nitrogens is 1. The quantitative estimate of drug-likeness (QED) is 0.826. The van der Waals surface area contributed by atoms with Gasteiger partial charge in [-0.2, -0.15) is 0 Å². The van der Waals surface area contributed by atoms with Crippen LogP contribution in [0.2, 0.25) is 0 Å². The fourth-order valence-corrected chi connectivity index (χ4v) is 3.44. The number of ether oxygens (including phenoxy) is 1. The summed E-state index contributed by atoms with van der Waals surface area (Å²) in [5, 5.41) is 0. The molecule has 114 valence electrons. The highest BCUT2D eigenvalue weighted by molar-refractivity contribution is 5.92. The van der Waals surface area contributed by atoms with Gasteiger partial charge in [-0.25, -0.2) is 4.98 Å². The van der Waals surface area contributed by atoms with E-state index >= 15 is 0 Å². The third kappa shape index (κ3) is 2.82. The Morgan fingerprint density at radius 2 is 2.24 bits per heavy atom. The summed E-state index contributed by atoms with van der Waals surface area (Å²) in [5.41, 5.74) is 0.390. The van der Waals surface area contributed by atoms with Gasteiger partial charge in [0, 0.05) is 38.6 Å². The summed E-state index contributed by atoms with van der Waals surface area (Å²) in [6.07, 6.45) is 5.64. The van der Waals surface area contributed by atoms with Crippen LogP contribution in [0.1, 0.15) is 23.3 Å². The monoisotopic (exact) mass is 291 g/mol. The van der Waals surface area contributed by atoms with E-state index in [-0.39, 0.29) is 12.0 Å². The van der Waals surface area contributed by atoms with Gasteiger partial charge in [-0.1, -0.05) is 0 Å². The Kier molecular flexibility index (Phi) is 3.43. The van der Waals surface area contributed by atoms with Crippen LogP contribution in [0.15, 0.2) is 17.1 Å². The summed E-state index contributed by atoms with van der Waals surface area (Å²) in [6.45, 7) is 5.49. The SMILES string of the molecule is O=C(c1cocn1)N1C[C@H]2CN(CC3CC3)CCO[C@H]2C1. The number of carbonyl (C=O) groups is 1. The van der Waals surface area contributed by atoms with E-state index < -0.39 is 0 Å². The van der Waals surface area contributed by atoms with Crippen LogP contribution >= 0.6 is 0 Å². The number of fused-ring (bicyclic) bond motifs is 1. The fourth-order valence-electron chi connectivity index (χ4n) is 3.44. The van der Waals surface area contributed by atoms with Crippen molar-refractivity contribution in [1.82, 2.24) is 14.8 Å². The lowest BCUT2D eigenvalue weighted by Crippen LogP contribution is -2.35. The molecule has 1 aliphatic carbocycles. The zero-order valence-corrected chi connectivity index (χ0v) is 12.1. The van der Waals surface area contributed by atoms with Crippen LogP contribution in [0.25, 0.3) is 0 Å². The Labute approximate surface area is 124 Å². The number of rotatable bonds is 3. The van der Waals surface area contributed by atoms with Crippen LogP contribution in [0.5, 0.6) is 0 Å². The minimum absolute atomic E-state index is 0.0471. The molecule has 4 rings (SSSR count). The van der Waals surface area contributed by atoms with Crippen LogP contribution in [-0.2, 0) is 4.74 Å². The van der Waals surface area contributed by atoms with Crippen molar-refractivity contribution in [1.29, 1.82) is 0 Å². The Balaban J connectivity index is 1.40. The summed E-state index contributed by atoms with van der Waals surface area (Å²) in [4.78, 5) is 20.7. The molecule has 3 fully saturated rings. The first kappa shape index (κ1) is 13.3. The lowest BCUT2D eigenvalue weighted by Gasteiger charge is -2.23. The van der Waals surface area contributed by atoms with Gasteiger partial charge in [-0.15, -0.1) is 0 Å². The summed E-state index contributed by atoms with van der Waals surface area (Å²) in [7, 11) is 0. The molecule has 0 N–H and O–H groups in total. The third-order valence-electron chi connectivity index (χ3n) is 4.77.